The zero-order chi connectivity index (χ0) is 35.4. The number of hydrogen-bond donors (Lipinski definition) is 3. The van der Waals surface area contributed by atoms with Crippen molar-refractivity contribution in [2.45, 2.75) is 35.1 Å². The fourth-order valence-electron chi connectivity index (χ4n) is 6.29. The van der Waals surface area contributed by atoms with Gasteiger partial charge >= 0.3 is 0 Å². The molecule has 10 nitrogen and oxygen atoms in total. The molecule has 1 unspecified atom stereocenters. The van der Waals surface area contributed by atoms with Crippen molar-refractivity contribution < 1.29 is 14.6 Å². The van der Waals surface area contributed by atoms with Crippen molar-refractivity contribution in [3.05, 3.63) is 101 Å². The van der Waals surface area contributed by atoms with Crippen molar-refractivity contribution in [1.29, 1.82) is 0 Å². The van der Waals surface area contributed by atoms with Gasteiger partial charge in [-0.25, -0.2) is 0 Å². The summed E-state index contributed by atoms with van der Waals surface area (Å²) in [7, 11) is 0. The van der Waals surface area contributed by atoms with E-state index < -0.39 is 0 Å². The average Bonchev–Trinajstić information content (AvgIpc) is 3.19. The molecule has 0 amide bonds. The molecule has 12 heteroatoms. The molecule has 2 fully saturated rings. The van der Waals surface area contributed by atoms with Crippen LogP contribution in [0.15, 0.2) is 106 Å². The maximum absolute atomic E-state index is 12.0. The van der Waals surface area contributed by atoms with Gasteiger partial charge in [-0.1, -0.05) is 25.1 Å². The van der Waals surface area contributed by atoms with Crippen molar-refractivity contribution in [2.75, 3.05) is 84.6 Å². The highest BCUT2D eigenvalue weighted by atomic mass is 32.2. The van der Waals surface area contributed by atoms with E-state index in [0.29, 0.717) is 5.69 Å². The molecule has 268 valence electrons. The summed E-state index contributed by atoms with van der Waals surface area (Å²) in [6, 6.07) is 30.2. The molecule has 2 atom stereocenters. The Hall–Kier alpha value is -4.23. The van der Waals surface area contributed by atoms with Gasteiger partial charge in [0, 0.05) is 96.4 Å². The third kappa shape index (κ3) is 10.4. The summed E-state index contributed by atoms with van der Waals surface area (Å²) in [5.41, 5.74) is 5.03. The van der Waals surface area contributed by atoms with E-state index in [1.807, 2.05) is 49.0 Å². The summed E-state index contributed by atoms with van der Waals surface area (Å²) in [5.74, 6) is 0.797. The number of ether oxygens (including phenoxy) is 1. The number of carbonyl (C=O) groups is 1. The number of nitrogens with one attached hydrogen (secondary N) is 2. The Morgan fingerprint density at radius 3 is 2.29 bits per heavy atom. The maximum atomic E-state index is 12.0. The Kier molecular flexibility index (Phi) is 13.1. The first-order valence-corrected chi connectivity index (χ1v) is 19.3. The number of benzene rings is 4. The predicted octanol–water partition coefficient (Wildman–Crippen LogP) is 7.83. The van der Waals surface area contributed by atoms with E-state index in [-0.39, 0.29) is 17.7 Å². The van der Waals surface area contributed by atoms with Crippen molar-refractivity contribution in [3.63, 3.8) is 0 Å². The van der Waals surface area contributed by atoms with Crippen LogP contribution in [-0.2, 0) is 9.53 Å². The van der Waals surface area contributed by atoms with E-state index in [9.17, 15) is 14.8 Å². The first-order chi connectivity index (χ1) is 25.0. The molecule has 0 spiro atoms. The van der Waals surface area contributed by atoms with Gasteiger partial charge in [0.1, 0.15) is 17.7 Å². The average molecular weight is 727 g/mol. The summed E-state index contributed by atoms with van der Waals surface area (Å²) >= 11 is 3.27. The zero-order valence-electron chi connectivity index (χ0n) is 28.9. The molecule has 51 heavy (non-hydrogen) atoms. The number of morpholine rings is 1. The van der Waals surface area contributed by atoms with Crippen LogP contribution in [-0.4, -0.2) is 87.1 Å². The number of rotatable bonds is 16. The molecule has 2 aliphatic rings. The summed E-state index contributed by atoms with van der Waals surface area (Å²) in [6.45, 7) is 9.57. The number of piperazine rings is 1. The van der Waals surface area contributed by atoms with E-state index in [0.717, 1.165) is 111 Å². The maximum Gasteiger partial charge on any atom is 0.132 e. The number of carbonyl (C=O) groups excluding carboxylic acids is 1. The number of anilines is 4. The number of thioether (sulfide) groups is 1. The molecular formula is C39H46N6O4S2. The van der Waals surface area contributed by atoms with Gasteiger partial charge in [0.25, 0.3) is 0 Å². The molecule has 4 aromatic rings. The minimum atomic E-state index is -0.259. The first kappa shape index (κ1) is 36.6. The SMILES string of the molecule is CC(C=O)c1cc(O)cc(N2CCN(c3ccc(NSc4ccc(N[C@H](CCN5CCOCC5)CSc5ccccc5)c(N=O)c4)cc3)CC2)c1. The van der Waals surface area contributed by atoms with Crippen LogP contribution in [0.3, 0.4) is 0 Å². The lowest BCUT2D eigenvalue weighted by Gasteiger charge is -2.37. The summed E-state index contributed by atoms with van der Waals surface area (Å²) in [4.78, 5) is 32.5. The van der Waals surface area contributed by atoms with Crippen molar-refractivity contribution >= 4 is 58.4 Å². The van der Waals surface area contributed by atoms with Crippen molar-refractivity contribution in [2.24, 2.45) is 5.18 Å². The Morgan fingerprint density at radius 2 is 1.59 bits per heavy atom. The van der Waals surface area contributed by atoms with Crippen LogP contribution < -0.4 is 19.8 Å². The van der Waals surface area contributed by atoms with Crippen LogP contribution >= 0.6 is 23.7 Å². The number of aldehydes is 1. The molecule has 0 saturated carbocycles. The van der Waals surface area contributed by atoms with Crippen LogP contribution in [0.2, 0.25) is 0 Å². The first-order valence-electron chi connectivity index (χ1n) is 17.5. The van der Waals surface area contributed by atoms with Crippen LogP contribution in [0.5, 0.6) is 5.75 Å². The van der Waals surface area contributed by atoms with Crippen LogP contribution in [0.1, 0.15) is 24.8 Å². The summed E-state index contributed by atoms with van der Waals surface area (Å²) in [5, 5.41) is 17.3. The largest absolute Gasteiger partial charge is 0.508 e. The molecule has 2 aliphatic heterocycles. The quantitative estimate of drug-likeness (QED) is 0.0455. The van der Waals surface area contributed by atoms with E-state index in [2.05, 4.69) is 78.4 Å². The third-order valence-corrected chi connectivity index (χ3v) is 11.3. The Morgan fingerprint density at radius 1 is 0.863 bits per heavy atom. The van der Waals surface area contributed by atoms with Crippen LogP contribution in [0.4, 0.5) is 28.4 Å². The molecule has 2 saturated heterocycles. The van der Waals surface area contributed by atoms with E-state index in [1.54, 1.807) is 12.1 Å². The second-order valence-corrected chi connectivity index (χ2v) is 14.9. The molecule has 6 rings (SSSR count). The van der Waals surface area contributed by atoms with Crippen LogP contribution in [0.25, 0.3) is 0 Å². The normalized spacial score (nSPS) is 16.3. The highest BCUT2D eigenvalue weighted by Crippen LogP contribution is 2.34. The molecular weight excluding hydrogens is 681 g/mol. The predicted molar refractivity (Wildman–Crippen MR) is 211 cm³/mol. The van der Waals surface area contributed by atoms with Crippen LogP contribution in [0, 0.1) is 4.91 Å². The third-order valence-electron chi connectivity index (χ3n) is 9.34. The fraction of sp³-hybridized carbons (Fsp3) is 0.359. The van der Waals surface area contributed by atoms with Gasteiger partial charge in [-0.2, -0.15) is 0 Å². The van der Waals surface area contributed by atoms with E-state index in [1.165, 1.54) is 16.8 Å². The second kappa shape index (κ2) is 18.3. The lowest BCUT2D eigenvalue weighted by atomic mass is 10.0. The number of phenols is 1. The molecule has 3 N–H and O–H groups in total. The number of phenolic OH excluding ortho intramolecular Hbond substituents is 1. The molecule has 0 aliphatic carbocycles. The number of aromatic hydroxyl groups is 1. The number of hydrogen-bond acceptors (Lipinski definition) is 12. The van der Waals surface area contributed by atoms with Gasteiger partial charge in [0.05, 0.1) is 18.9 Å². The molecule has 0 bridgehead atoms. The lowest BCUT2D eigenvalue weighted by Crippen LogP contribution is -2.46. The molecule has 0 radical (unpaired) electrons. The topological polar surface area (TPSA) is 110 Å². The number of nitrogens with zero attached hydrogens (tertiary/aromatic N) is 4. The molecule has 0 aromatic heterocycles. The summed E-state index contributed by atoms with van der Waals surface area (Å²) < 4.78 is 8.93. The van der Waals surface area contributed by atoms with E-state index >= 15 is 0 Å². The fourth-order valence-corrected chi connectivity index (χ4v) is 7.96. The minimum Gasteiger partial charge on any atom is -0.508 e. The van der Waals surface area contributed by atoms with Gasteiger partial charge in [-0.3, -0.25) is 4.90 Å². The van der Waals surface area contributed by atoms with Crippen molar-refractivity contribution in [1.82, 2.24) is 4.90 Å². The Balaban J connectivity index is 1.02. The van der Waals surface area contributed by atoms with Gasteiger partial charge in [0.15, 0.2) is 0 Å². The standard InChI is InChI=1S/C39H46N6O4S2/c1-29(27-46)30-23-34(25-35(47)24-30)45-17-15-44(16-18-45)33-9-7-31(8-10-33)42-51-37-11-12-38(39(26-37)41-48)40-32(13-14-43-19-21-49-22-20-43)28-50-36-5-3-2-4-6-36/h2-12,23-27,29,32,40,42,47H,13-22,28H2,1H3/t29?,32-/m1/s1. The summed E-state index contributed by atoms with van der Waals surface area (Å²) in [6.07, 6.45) is 1.85. The Bertz CT molecular complexity index is 1720. The van der Waals surface area contributed by atoms with Gasteiger partial charge in [0.2, 0.25) is 0 Å². The minimum absolute atomic E-state index is 0.161. The highest BCUT2D eigenvalue weighted by Gasteiger charge is 2.20. The number of nitroso groups, excluding NO2 is 1. The monoisotopic (exact) mass is 726 g/mol. The van der Waals surface area contributed by atoms with Gasteiger partial charge in [-0.05, 0) is 95.8 Å². The van der Waals surface area contributed by atoms with E-state index in [4.69, 9.17) is 4.74 Å². The molecule has 4 aromatic carbocycles. The van der Waals surface area contributed by atoms with Gasteiger partial charge < -0.3 is 34.5 Å². The highest BCUT2D eigenvalue weighted by molar-refractivity contribution is 8.00. The van der Waals surface area contributed by atoms with Gasteiger partial charge in [-0.15, -0.1) is 16.7 Å². The lowest BCUT2D eigenvalue weighted by molar-refractivity contribution is -0.108. The molecule has 2 heterocycles. The zero-order valence-corrected chi connectivity index (χ0v) is 30.6. The smallest absolute Gasteiger partial charge is 0.132 e. The van der Waals surface area contributed by atoms with Crippen molar-refractivity contribution in [3.8, 4) is 5.75 Å². The Labute approximate surface area is 309 Å². The second-order valence-electron chi connectivity index (χ2n) is 12.9.